The van der Waals surface area contributed by atoms with E-state index in [1.807, 2.05) is 0 Å². The van der Waals surface area contributed by atoms with Crippen LogP contribution in [0.25, 0.3) is 0 Å². The maximum absolute atomic E-state index is 11.3. The minimum atomic E-state index is -0.669. The van der Waals surface area contributed by atoms with Crippen molar-refractivity contribution in [3.8, 4) is 0 Å². The van der Waals surface area contributed by atoms with Crippen molar-refractivity contribution in [1.29, 1.82) is 0 Å². The van der Waals surface area contributed by atoms with Crippen LogP contribution in [-0.4, -0.2) is 32.1 Å². The first kappa shape index (κ1) is 16.9. The van der Waals surface area contributed by atoms with Gasteiger partial charge in [0, 0.05) is 18.3 Å². The summed E-state index contributed by atoms with van der Waals surface area (Å²) in [7, 11) is 1.40. The fourth-order valence-electron chi connectivity index (χ4n) is 1.87. The zero-order valence-electron chi connectivity index (χ0n) is 12.0. The Balaban J connectivity index is 2.63. The van der Waals surface area contributed by atoms with Crippen LogP contribution in [0.2, 0.25) is 0 Å². The van der Waals surface area contributed by atoms with Crippen LogP contribution in [0.3, 0.4) is 0 Å². The van der Waals surface area contributed by atoms with Crippen LogP contribution in [0.5, 0.6) is 0 Å². The largest absolute Gasteiger partial charge is 0.469 e. The smallest absolute Gasteiger partial charge is 0.305 e. The molecule has 1 aliphatic heterocycles. The van der Waals surface area contributed by atoms with E-state index in [4.69, 9.17) is 9.47 Å². The van der Waals surface area contributed by atoms with E-state index in [2.05, 4.69) is 47.8 Å². The molecule has 0 aromatic heterocycles. The van der Waals surface area contributed by atoms with Crippen molar-refractivity contribution in [3.63, 3.8) is 0 Å². The highest BCUT2D eigenvalue weighted by Crippen LogP contribution is 2.36. The van der Waals surface area contributed by atoms with E-state index in [-0.39, 0.29) is 11.4 Å². The van der Waals surface area contributed by atoms with Crippen LogP contribution in [0, 0.1) is 5.41 Å². The first-order valence-electron chi connectivity index (χ1n) is 6.47. The molecule has 0 spiro atoms. The molecule has 0 atom stereocenters. The van der Waals surface area contributed by atoms with Crippen LogP contribution in [-0.2, 0) is 19.0 Å². The average Bonchev–Trinajstić information content (AvgIpc) is 2.36. The summed E-state index contributed by atoms with van der Waals surface area (Å²) in [6.45, 7) is 9.39. The molecule has 0 aliphatic carbocycles. The first-order valence-corrected chi connectivity index (χ1v) is 7.54. The lowest BCUT2D eigenvalue weighted by Gasteiger charge is -2.43. The summed E-state index contributed by atoms with van der Waals surface area (Å²) in [4.78, 5) is 11.3. The van der Waals surface area contributed by atoms with Crippen molar-refractivity contribution >= 4 is 28.6 Å². The van der Waals surface area contributed by atoms with E-state index >= 15 is 0 Å². The summed E-state index contributed by atoms with van der Waals surface area (Å²) in [5, 5.41) is 0. The van der Waals surface area contributed by atoms with Gasteiger partial charge in [0.1, 0.15) is 0 Å². The standard InChI is InChI=1S/C14H23IO4/c1-11(15)5-7-14(8-6-12(16)17-4)18-9-13(2,3)10-19-14/h1,5-10H2,2-4H3. The van der Waals surface area contributed by atoms with Crippen molar-refractivity contribution in [2.24, 2.45) is 5.41 Å². The number of hydrogen-bond donors (Lipinski definition) is 0. The molecule has 1 saturated heterocycles. The number of halogens is 1. The fraction of sp³-hybridized carbons (Fsp3) is 0.786. The van der Waals surface area contributed by atoms with E-state index in [1.165, 1.54) is 7.11 Å². The van der Waals surface area contributed by atoms with Crippen LogP contribution in [0.1, 0.15) is 39.5 Å². The molecule has 5 heteroatoms. The number of allylic oxidation sites excluding steroid dienone is 1. The predicted octanol–water partition coefficient (Wildman–Crippen LogP) is 3.44. The van der Waals surface area contributed by atoms with E-state index in [1.54, 1.807) is 0 Å². The molecule has 0 radical (unpaired) electrons. The number of methoxy groups -OCH3 is 1. The van der Waals surface area contributed by atoms with Gasteiger partial charge >= 0.3 is 5.97 Å². The third-order valence-electron chi connectivity index (χ3n) is 3.17. The molecule has 0 aromatic carbocycles. The van der Waals surface area contributed by atoms with Gasteiger partial charge in [-0.2, -0.15) is 0 Å². The van der Waals surface area contributed by atoms with Gasteiger partial charge in [-0.15, -0.1) is 0 Å². The second kappa shape index (κ2) is 7.04. The number of esters is 1. The van der Waals surface area contributed by atoms with Crippen molar-refractivity contribution < 1.29 is 19.0 Å². The molecule has 0 unspecified atom stereocenters. The van der Waals surface area contributed by atoms with Crippen LogP contribution in [0.4, 0.5) is 0 Å². The number of hydrogen-bond acceptors (Lipinski definition) is 4. The molecule has 0 amide bonds. The molecule has 0 N–H and O–H groups in total. The highest BCUT2D eigenvalue weighted by molar-refractivity contribution is 14.1. The monoisotopic (exact) mass is 382 g/mol. The zero-order chi connectivity index (χ0) is 14.5. The maximum Gasteiger partial charge on any atom is 0.305 e. The lowest BCUT2D eigenvalue weighted by atomic mass is 9.93. The van der Waals surface area contributed by atoms with Crippen molar-refractivity contribution in [2.45, 2.75) is 45.3 Å². The number of ether oxygens (including phenoxy) is 3. The van der Waals surface area contributed by atoms with Crippen LogP contribution < -0.4 is 0 Å². The summed E-state index contributed by atoms with van der Waals surface area (Å²) in [5.74, 6) is -0.901. The minimum Gasteiger partial charge on any atom is -0.469 e. The summed E-state index contributed by atoms with van der Waals surface area (Å²) in [5.41, 5.74) is 0.0239. The van der Waals surface area contributed by atoms with Crippen LogP contribution >= 0.6 is 22.6 Å². The molecule has 1 rings (SSSR count). The third kappa shape index (κ3) is 5.79. The third-order valence-corrected chi connectivity index (χ3v) is 3.71. The molecule has 0 saturated carbocycles. The number of rotatable bonds is 6. The summed E-state index contributed by atoms with van der Waals surface area (Å²) < 4.78 is 17.6. The van der Waals surface area contributed by atoms with Gasteiger partial charge in [-0.3, -0.25) is 4.79 Å². The lowest BCUT2D eigenvalue weighted by Crippen LogP contribution is -2.47. The zero-order valence-corrected chi connectivity index (χ0v) is 14.1. The van der Waals surface area contributed by atoms with Gasteiger partial charge in [0.15, 0.2) is 5.79 Å². The maximum atomic E-state index is 11.3. The molecule has 4 nitrogen and oxygen atoms in total. The second-order valence-electron chi connectivity index (χ2n) is 5.75. The van der Waals surface area contributed by atoms with Crippen molar-refractivity contribution in [3.05, 3.63) is 10.2 Å². The highest BCUT2D eigenvalue weighted by atomic mass is 127. The van der Waals surface area contributed by atoms with E-state index in [0.717, 1.165) is 16.4 Å². The molecule has 0 aromatic rings. The summed E-state index contributed by atoms with van der Waals surface area (Å²) in [6.07, 6.45) is 2.38. The second-order valence-corrected chi connectivity index (χ2v) is 7.27. The Morgan fingerprint density at radius 3 is 2.26 bits per heavy atom. The van der Waals surface area contributed by atoms with Crippen molar-refractivity contribution in [1.82, 2.24) is 0 Å². The van der Waals surface area contributed by atoms with Gasteiger partial charge in [0.05, 0.1) is 26.7 Å². The van der Waals surface area contributed by atoms with E-state index in [0.29, 0.717) is 26.1 Å². The average molecular weight is 382 g/mol. The van der Waals surface area contributed by atoms with Gasteiger partial charge < -0.3 is 14.2 Å². The summed E-state index contributed by atoms with van der Waals surface area (Å²) >= 11 is 2.20. The minimum absolute atomic E-state index is 0.0239. The summed E-state index contributed by atoms with van der Waals surface area (Å²) in [6, 6.07) is 0. The highest BCUT2D eigenvalue weighted by Gasteiger charge is 2.40. The van der Waals surface area contributed by atoms with E-state index in [9.17, 15) is 4.79 Å². The number of carbonyl (C=O) groups is 1. The Hall–Kier alpha value is -0.140. The molecule has 0 bridgehead atoms. The molecular formula is C14H23IO4. The molecule has 19 heavy (non-hydrogen) atoms. The quantitative estimate of drug-likeness (QED) is 0.522. The molecule has 1 heterocycles. The molecular weight excluding hydrogens is 359 g/mol. The van der Waals surface area contributed by atoms with Gasteiger partial charge in [-0.1, -0.05) is 20.4 Å². The fourth-order valence-corrected chi connectivity index (χ4v) is 2.14. The van der Waals surface area contributed by atoms with Crippen LogP contribution in [0.15, 0.2) is 10.2 Å². The first-order chi connectivity index (χ1) is 8.79. The predicted molar refractivity (Wildman–Crippen MR) is 82.1 cm³/mol. The van der Waals surface area contributed by atoms with E-state index < -0.39 is 5.79 Å². The Bertz CT molecular complexity index is 328. The molecule has 110 valence electrons. The normalized spacial score (nSPS) is 20.8. The lowest BCUT2D eigenvalue weighted by molar-refractivity contribution is -0.304. The van der Waals surface area contributed by atoms with Gasteiger partial charge in [0.2, 0.25) is 0 Å². The Morgan fingerprint density at radius 2 is 1.79 bits per heavy atom. The topological polar surface area (TPSA) is 44.8 Å². The van der Waals surface area contributed by atoms with Gasteiger partial charge in [-0.05, 0) is 32.6 Å². The van der Waals surface area contributed by atoms with Gasteiger partial charge in [-0.25, -0.2) is 0 Å². The Morgan fingerprint density at radius 1 is 1.26 bits per heavy atom. The Kier molecular flexibility index (Phi) is 6.26. The molecule has 1 fully saturated rings. The number of carbonyl (C=O) groups excluding carboxylic acids is 1. The SMILES string of the molecule is C=C(I)CCC1(CCC(=O)OC)OCC(C)(C)CO1. The van der Waals surface area contributed by atoms with Gasteiger partial charge in [0.25, 0.3) is 0 Å². The Labute approximate surface area is 129 Å². The molecule has 1 aliphatic rings. The van der Waals surface area contributed by atoms with Crippen molar-refractivity contribution in [2.75, 3.05) is 20.3 Å².